The molecule has 0 atom stereocenters. The summed E-state index contributed by atoms with van der Waals surface area (Å²) in [6.07, 6.45) is 17.8. The van der Waals surface area contributed by atoms with Gasteiger partial charge in [-0.05, 0) is 188 Å². The fourth-order valence-corrected chi connectivity index (χ4v) is 9.77. The van der Waals surface area contributed by atoms with Gasteiger partial charge < -0.3 is 33.2 Å². The molecule has 4 bridgehead atoms. The lowest BCUT2D eigenvalue weighted by atomic mass is 9.50. The summed E-state index contributed by atoms with van der Waals surface area (Å²) >= 11 is 0. The zero-order valence-electron chi connectivity index (χ0n) is 42.6. The SMILES string of the molecule is C.C.C.C.C.C.CCC(C)(C)C(=O)OCCC(=O)OC1(C)CCCC1.CCC(C)(C)C(=O)OCCOCC(=O)OC1(C)C2CC3CC(C2)CC1C3.CCC1(OC(=O)CCOC(=O)C(C)(C)CC)CCCC1. The number of carbonyl (C=O) groups excluding carboxylic acids is 6. The first-order valence-electron chi connectivity index (χ1n) is 25.1. The molecule has 0 radical (unpaired) electrons. The van der Waals surface area contributed by atoms with Gasteiger partial charge >= 0.3 is 35.8 Å². The first-order chi connectivity index (χ1) is 30.4. The van der Waals surface area contributed by atoms with Crippen LogP contribution in [0.4, 0.5) is 0 Å². The van der Waals surface area contributed by atoms with Crippen molar-refractivity contribution >= 4 is 35.8 Å². The van der Waals surface area contributed by atoms with Crippen molar-refractivity contribution in [3.8, 4) is 0 Å². The summed E-state index contributed by atoms with van der Waals surface area (Å²) in [5.74, 6) is 1.17. The molecule has 0 N–H and O–H groups in total. The van der Waals surface area contributed by atoms with Crippen LogP contribution < -0.4 is 0 Å². The predicted octanol–water partition coefficient (Wildman–Crippen LogP) is 14.4. The van der Waals surface area contributed by atoms with Crippen LogP contribution in [-0.4, -0.2) is 85.7 Å². The first kappa shape index (κ1) is 74.3. The molecule has 0 heterocycles. The maximum absolute atomic E-state index is 12.3. The molecule has 13 heteroatoms. The molecule has 13 nitrogen and oxygen atoms in total. The first-order valence-corrected chi connectivity index (χ1v) is 25.1. The van der Waals surface area contributed by atoms with E-state index in [-0.39, 0.29) is 143 Å². The molecule has 0 aromatic carbocycles. The highest BCUT2D eigenvalue weighted by Gasteiger charge is 2.57. The van der Waals surface area contributed by atoms with Crippen LogP contribution in [0.15, 0.2) is 0 Å². The topological polar surface area (TPSA) is 167 Å². The van der Waals surface area contributed by atoms with Crippen LogP contribution in [-0.2, 0) is 61.9 Å². The highest BCUT2D eigenvalue weighted by Crippen LogP contribution is 2.59. The molecule has 6 saturated carbocycles. The van der Waals surface area contributed by atoms with Gasteiger partial charge in [0.05, 0.1) is 35.7 Å². The summed E-state index contributed by atoms with van der Waals surface area (Å²) in [6, 6.07) is 0. The summed E-state index contributed by atoms with van der Waals surface area (Å²) in [7, 11) is 0. The Morgan fingerprint density at radius 1 is 0.465 bits per heavy atom. The Hall–Kier alpha value is -3.22. The zero-order chi connectivity index (χ0) is 48.7. The van der Waals surface area contributed by atoms with Gasteiger partial charge in [-0.2, -0.15) is 0 Å². The van der Waals surface area contributed by atoms with Crippen LogP contribution >= 0.6 is 0 Å². The summed E-state index contributed by atoms with van der Waals surface area (Å²) in [4.78, 5) is 71.2. The third-order valence-electron chi connectivity index (χ3n) is 15.7. The Bertz CT molecular complexity index is 1540. The van der Waals surface area contributed by atoms with E-state index >= 15 is 0 Å². The predicted molar refractivity (Wildman–Crippen MR) is 288 cm³/mol. The third kappa shape index (κ3) is 22.4. The van der Waals surface area contributed by atoms with E-state index in [0.29, 0.717) is 18.3 Å². The number of ether oxygens (including phenoxy) is 7. The number of esters is 6. The molecule has 0 aliphatic heterocycles. The van der Waals surface area contributed by atoms with Gasteiger partial charge in [0.15, 0.2) is 0 Å². The molecule has 0 saturated heterocycles. The maximum Gasteiger partial charge on any atom is 0.332 e. The Kier molecular flexibility index (Phi) is 34.4. The minimum Gasteiger partial charge on any atom is -0.465 e. The highest BCUT2D eigenvalue weighted by atomic mass is 16.6. The van der Waals surface area contributed by atoms with Gasteiger partial charge in [-0.3, -0.25) is 24.0 Å². The smallest absolute Gasteiger partial charge is 0.332 e. The Morgan fingerprint density at radius 2 is 0.831 bits per heavy atom. The van der Waals surface area contributed by atoms with Crippen LogP contribution in [0.3, 0.4) is 0 Å². The van der Waals surface area contributed by atoms with Crippen LogP contribution in [0.1, 0.15) is 250 Å². The van der Waals surface area contributed by atoms with Crippen molar-refractivity contribution in [3.05, 3.63) is 0 Å². The third-order valence-corrected chi connectivity index (χ3v) is 15.7. The number of rotatable bonds is 21. The second kappa shape index (κ2) is 32.9. The van der Waals surface area contributed by atoms with Crippen molar-refractivity contribution in [3.63, 3.8) is 0 Å². The Morgan fingerprint density at radius 3 is 1.21 bits per heavy atom. The minimum absolute atomic E-state index is 0. The van der Waals surface area contributed by atoms with Gasteiger partial charge in [-0.15, -0.1) is 0 Å². The molecule has 0 aromatic rings. The van der Waals surface area contributed by atoms with Gasteiger partial charge in [0, 0.05) is 0 Å². The van der Waals surface area contributed by atoms with E-state index in [2.05, 4.69) is 13.8 Å². The average Bonchev–Trinajstić information content (AvgIpc) is 3.91. The van der Waals surface area contributed by atoms with E-state index in [1.165, 1.54) is 32.1 Å². The molecule has 0 spiro atoms. The molecule has 6 aliphatic carbocycles. The van der Waals surface area contributed by atoms with Crippen LogP contribution in [0.5, 0.6) is 0 Å². The van der Waals surface area contributed by atoms with Crippen molar-refractivity contribution in [1.82, 2.24) is 0 Å². The highest BCUT2D eigenvalue weighted by molar-refractivity contribution is 5.77. The number of carbonyl (C=O) groups is 6. The molecule has 0 amide bonds. The van der Waals surface area contributed by atoms with E-state index in [4.69, 9.17) is 33.2 Å². The molecular formula is C58H112O13. The quantitative estimate of drug-likeness (QED) is 0.0606. The molecule has 71 heavy (non-hydrogen) atoms. The lowest BCUT2D eigenvalue weighted by Crippen LogP contribution is -2.58. The number of hydrogen-bond acceptors (Lipinski definition) is 13. The monoisotopic (exact) mass is 1020 g/mol. The number of hydrogen-bond donors (Lipinski definition) is 0. The van der Waals surface area contributed by atoms with Crippen molar-refractivity contribution in [1.29, 1.82) is 0 Å². The lowest BCUT2D eigenvalue weighted by Gasteiger charge is -2.59. The molecule has 0 unspecified atom stereocenters. The van der Waals surface area contributed by atoms with Crippen LogP contribution in [0.2, 0.25) is 0 Å². The van der Waals surface area contributed by atoms with Crippen molar-refractivity contribution in [2.24, 2.45) is 39.9 Å². The second-order valence-corrected chi connectivity index (χ2v) is 22.0. The summed E-state index contributed by atoms with van der Waals surface area (Å²) in [5.41, 5.74) is -2.33. The van der Waals surface area contributed by atoms with E-state index in [0.717, 1.165) is 82.5 Å². The maximum atomic E-state index is 12.3. The Balaban J connectivity index is -0.000000462. The molecule has 6 rings (SSSR count). The molecule has 6 aliphatic rings. The van der Waals surface area contributed by atoms with Crippen molar-refractivity contribution < 1.29 is 61.9 Å². The van der Waals surface area contributed by atoms with Gasteiger partial charge in [0.1, 0.15) is 43.2 Å². The molecule has 6 fully saturated rings. The fraction of sp³-hybridized carbons (Fsp3) is 0.897. The molecule has 422 valence electrons. The summed E-state index contributed by atoms with van der Waals surface area (Å²) < 4.78 is 37.9. The molecule has 0 aromatic heterocycles. The average molecular weight is 1020 g/mol. The van der Waals surface area contributed by atoms with E-state index < -0.39 is 16.2 Å². The van der Waals surface area contributed by atoms with Gasteiger partial charge in [0.25, 0.3) is 0 Å². The van der Waals surface area contributed by atoms with Crippen molar-refractivity contribution in [2.75, 3.05) is 33.0 Å². The van der Waals surface area contributed by atoms with Crippen molar-refractivity contribution in [2.45, 2.75) is 266 Å². The normalized spacial score (nSPS) is 22.8. The van der Waals surface area contributed by atoms with Crippen LogP contribution in [0.25, 0.3) is 0 Å². The van der Waals surface area contributed by atoms with Gasteiger partial charge in [0.2, 0.25) is 0 Å². The van der Waals surface area contributed by atoms with E-state index in [1.807, 2.05) is 69.2 Å². The van der Waals surface area contributed by atoms with E-state index in [9.17, 15) is 28.8 Å². The largest absolute Gasteiger partial charge is 0.465 e. The lowest BCUT2D eigenvalue weighted by molar-refractivity contribution is -0.207. The van der Waals surface area contributed by atoms with Gasteiger partial charge in [-0.25, -0.2) is 4.79 Å². The fourth-order valence-electron chi connectivity index (χ4n) is 9.77. The summed E-state index contributed by atoms with van der Waals surface area (Å²) in [5, 5.41) is 0. The summed E-state index contributed by atoms with van der Waals surface area (Å²) in [6.45, 7) is 23.6. The standard InChI is InChI=1S/C21H34O5.C16H28O4.C15H26O4.6CH4/c1-5-20(2,3)19(23)25-7-6-24-13-18(22)26-21(4)16-9-14-8-15(11-16)12-17(21)10-14;1-5-15(3,4)14(18)19-12-9-13(17)20-16(6-2)10-7-8-11-16;1-5-14(2,3)13(17)18-11-8-12(16)19-15(4)9-6-7-10-15;;;;;;/h14-17H,5-13H2,1-4H3;5-12H2,1-4H3;5-11H2,1-4H3;6*1H4. The molecular weight excluding hydrogens is 905 g/mol. The van der Waals surface area contributed by atoms with Gasteiger partial charge in [-0.1, -0.05) is 72.3 Å². The van der Waals surface area contributed by atoms with Crippen LogP contribution in [0, 0.1) is 39.9 Å². The van der Waals surface area contributed by atoms with E-state index in [1.54, 1.807) is 0 Å². The second-order valence-electron chi connectivity index (χ2n) is 22.0. The zero-order valence-corrected chi connectivity index (χ0v) is 42.6. The Labute approximate surface area is 435 Å². The minimum atomic E-state index is -0.486.